The second-order valence-corrected chi connectivity index (χ2v) is 9.07. The molecular formula is C29H27NO3. The minimum atomic E-state index is -1.80. The van der Waals surface area contributed by atoms with E-state index in [0.29, 0.717) is 29.1 Å². The molecule has 0 aliphatic carbocycles. The summed E-state index contributed by atoms with van der Waals surface area (Å²) in [7, 11) is 0. The average molecular weight is 438 g/mol. The second-order valence-electron chi connectivity index (χ2n) is 9.07. The Balaban J connectivity index is 1.73. The van der Waals surface area contributed by atoms with Crippen LogP contribution in [-0.4, -0.2) is 16.6 Å². The number of carbonyl (C=O) groups is 1. The highest BCUT2D eigenvalue weighted by Crippen LogP contribution is 2.52. The molecule has 4 nitrogen and oxygen atoms in total. The lowest BCUT2D eigenvalue weighted by molar-refractivity contribution is -0.130. The van der Waals surface area contributed by atoms with Crippen LogP contribution in [0.4, 0.5) is 5.69 Å². The van der Waals surface area contributed by atoms with Crippen LogP contribution in [-0.2, 0) is 16.9 Å². The maximum atomic E-state index is 14.0. The summed E-state index contributed by atoms with van der Waals surface area (Å²) in [4.78, 5) is 15.7. The fourth-order valence-electron chi connectivity index (χ4n) is 4.82. The Hall–Kier alpha value is -3.63. The highest BCUT2D eigenvalue weighted by atomic mass is 16.5. The van der Waals surface area contributed by atoms with E-state index in [9.17, 15) is 9.90 Å². The third-order valence-electron chi connectivity index (χ3n) is 6.36. The molecule has 0 saturated carbocycles. The number of hydrogen-bond donors (Lipinski definition) is 1. The number of aliphatic hydroxyl groups is 1. The standard InChI is InChI=1S/C29H27NO3/c1-4-23(21-13-9-6-10-14-21)29(32)24-15-16-25-22(17-18-28(2,3)33-25)26(24)30(27(29)31)19-20-11-7-5-8-12-20/h4-18,32H,19H2,1-3H3/b23-4+. The maximum Gasteiger partial charge on any atom is 0.268 e. The Bertz CT molecular complexity index is 1270. The first-order valence-corrected chi connectivity index (χ1v) is 11.2. The van der Waals surface area contributed by atoms with Crippen LogP contribution in [0.2, 0.25) is 0 Å². The van der Waals surface area contributed by atoms with Crippen LogP contribution < -0.4 is 9.64 Å². The fraction of sp³-hybridized carbons (Fsp3) is 0.207. The largest absolute Gasteiger partial charge is 0.483 e. The van der Waals surface area contributed by atoms with Crippen molar-refractivity contribution in [3.05, 3.63) is 107 Å². The van der Waals surface area contributed by atoms with Crippen molar-refractivity contribution in [3.8, 4) is 5.75 Å². The van der Waals surface area contributed by atoms with Gasteiger partial charge in [-0.15, -0.1) is 0 Å². The molecule has 166 valence electrons. The summed E-state index contributed by atoms with van der Waals surface area (Å²) < 4.78 is 6.20. The second kappa shape index (κ2) is 7.75. The van der Waals surface area contributed by atoms with Crippen LogP contribution in [0, 0.1) is 0 Å². The Morgan fingerprint density at radius 2 is 1.67 bits per heavy atom. The highest BCUT2D eigenvalue weighted by Gasteiger charge is 2.53. The molecule has 0 saturated heterocycles. The Morgan fingerprint density at radius 1 is 1.00 bits per heavy atom. The van der Waals surface area contributed by atoms with E-state index in [2.05, 4.69) is 0 Å². The molecule has 33 heavy (non-hydrogen) atoms. The van der Waals surface area contributed by atoms with Gasteiger partial charge in [0.05, 0.1) is 12.2 Å². The molecule has 3 aromatic rings. The fourth-order valence-corrected chi connectivity index (χ4v) is 4.82. The number of nitrogens with zero attached hydrogens (tertiary/aromatic N) is 1. The first kappa shape index (κ1) is 21.2. The Labute approximate surface area is 194 Å². The van der Waals surface area contributed by atoms with Crippen LogP contribution in [0.1, 0.15) is 43.0 Å². The number of anilines is 1. The van der Waals surface area contributed by atoms with E-state index in [1.165, 1.54) is 0 Å². The van der Waals surface area contributed by atoms with Gasteiger partial charge in [-0.25, -0.2) is 0 Å². The van der Waals surface area contributed by atoms with Crippen LogP contribution in [0.25, 0.3) is 11.6 Å². The maximum absolute atomic E-state index is 14.0. The molecule has 5 rings (SSSR count). The molecule has 0 spiro atoms. The van der Waals surface area contributed by atoms with Crippen molar-refractivity contribution >= 4 is 23.2 Å². The molecule has 1 amide bonds. The number of fused-ring (bicyclic) bond motifs is 3. The van der Waals surface area contributed by atoms with Crippen molar-refractivity contribution in [3.63, 3.8) is 0 Å². The molecule has 2 aliphatic heterocycles. The van der Waals surface area contributed by atoms with Crippen molar-refractivity contribution < 1.29 is 14.6 Å². The molecule has 1 atom stereocenters. The van der Waals surface area contributed by atoms with E-state index >= 15 is 0 Å². The lowest BCUT2D eigenvalue weighted by Gasteiger charge is -2.30. The van der Waals surface area contributed by atoms with Gasteiger partial charge in [-0.2, -0.15) is 0 Å². The van der Waals surface area contributed by atoms with Crippen molar-refractivity contribution in [1.29, 1.82) is 0 Å². The summed E-state index contributed by atoms with van der Waals surface area (Å²) >= 11 is 0. The minimum absolute atomic E-state index is 0.356. The lowest BCUT2D eigenvalue weighted by Crippen LogP contribution is -2.41. The number of amides is 1. The number of hydrogen-bond acceptors (Lipinski definition) is 3. The van der Waals surface area contributed by atoms with E-state index in [4.69, 9.17) is 4.74 Å². The summed E-state index contributed by atoms with van der Waals surface area (Å²) in [5, 5.41) is 12.2. The number of carbonyl (C=O) groups excluding carboxylic acids is 1. The van der Waals surface area contributed by atoms with Crippen molar-refractivity contribution in [2.75, 3.05) is 4.90 Å². The zero-order valence-electron chi connectivity index (χ0n) is 19.1. The molecule has 0 radical (unpaired) electrons. The van der Waals surface area contributed by atoms with Gasteiger partial charge in [0.1, 0.15) is 11.4 Å². The highest BCUT2D eigenvalue weighted by molar-refractivity contribution is 6.16. The summed E-state index contributed by atoms with van der Waals surface area (Å²) in [5.74, 6) is 0.350. The molecule has 2 heterocycles. The number of allylic oxidation sites excluding steroid dienone is 1. The van der Waals surface area contributed by atoms with Gasteiger partial charge in [0.25, 0.3) is 5.91 Å². The first-order chi connectivity index (χ1) is 15.8. The topological polar surface area (TPSA) is 49.8 Å². The van der Waals surface area contributed by atoms with Gasteiger partial charge < -0.3 is 14.7 Å². The van der Waals surface area contributed by atoms with Gasteiger partial charge in [-0.3, -0.25) is 4.79 Å². The SMILES string of the molecule is C/C=C(\c1ccccc1)C1(O)C(=O)N(Cc2ccccc2)c2c1ccc1c2C=CC(C)(C)O1. The average Bonchev–Trinajstić information content (AvgIpc) is 3.02. The van der Waals surface area contributed by atoms with E-state index in [0.717, 1.165) is 16.7 Å². The van der Waals surface area contributed by atoms with Crippen molar-refractivity contribution in [2.24, 2.45) is 0 Å². The number of benzene rings is 3. The minimum Gasteiger partial charge on any atom is -0.483 e. The summed E-state index contributed by atoms with van der Waals surface area (Å²) in [6.45, 7) is 6.21. The van der Waals surface area contributed by atoms with E-state index in [-0.39, 0.29) is 5.91 Å². The Morgan fingerprint density at radius 3 is 2.33 bits per heavy atom. The molecule has 4 heteroatoms. The van der Waals surface area contributed by atoms with E-state index in [1.54, 1.807) is 4.90 Å². The predicted molar refractivity (Wildman–Crippen MR) is 132 cm³/mol. The van der Waals surface area contributed by atoms with Gasteiger partial charge in [-0.05, 0) is 56.2 Å². The number of rotatable bonds is 4. The molecule has 0 aromatic heterocycles. The van der Waals surface area contributed by atoms with Crippen molar-refractivity contribution in [1.82, 2.24) is 0 Å². The number of ether oxygens (including phenoxy) is 1. The van der Waals surface area contributed by atoms with Gasteiger partial charge in [0.15, 0.2) is 5.60 Å². The zero-order valence-corrected chi connectivity index (χ0v) is 19.1. The van der Waals surface area contributed by atoms with E-state index < -0.39 is 11.2 Å². The molecule has 1 N–H and O–H groups in total. The normalized spacial score (nSPS) is 20.9. The molecular weight excluding hydrogens is 410 g/mol. The van der Waals surface area contributed by atoms with Gasteiger partial charge in [0.2, 0.25) is 0 Å². The van der Waals surface area contributed by atoms with Crippen LogP contribution in [0.15, 0.2) is 84.9 Å². The van der Waals surface area contributed by atoms with Crippen LogP contribution in [0.5, 0.6) is 5.75 Å². The predicted octanol–water partition coefficient (Wildman–Crippen LogP) is 5.71. The Kier molecular flexibility index (Phi) is 4.98. The van der Waals surface area contributed by atoms with E-state index in [1.807, 2.05) is 112 Å². The van der Waals surface area contributed by atoms with Crippen LogP contribution >= 0.6 is 0 Å². The molecule has 0 fully saturated rings. The molecule has 1 unspecified atom stereocenters. The smallest absolute Gasteiger partial charge is 0.268 e. The zero-order chi connectivity index (χ0) is 23.2. The summed E-state index contributed by atoms with van der Waals surface area (Å²) in [5.41, 5.74) is 2.23. The molecule has 2 aliphatic rings. The van der Waals surface area contributed by atoms with Gasteiger partial charge in [0, 0.05) is 16.7 Å². The third kappa shape index (κ3) is 3.38. The molecule has 0 bridgehead atoms. The summed E-state index contributed by atoms with van der Waals surface area (Å²) in [6.07, 6.45) is 5.83. The summed E-state index contributed by atoms with van der Waals surface area (Å²) in [6, 6.07) is 23.1. The van der Waals surface area contributed by atoms with Crippen LogP contribution in [0.3, 0.4) is 0 Å². The third-order valence-corrected chi connectivity index (χ3v) is 6.36. The quantitative estimate of drug-likeness (QED) is 0.569. The first-order valence-electron chi connectivity index (χ1n) is 11.2. The lowest BCUT2D eigenvalue weighted by atomic mass is 9.82. The van der Waals surface area contributed by atoms with Crippen molar-refractivity contribution in [2.45, 2.75) is 38.5 Å². The van der Waals surface area contributed by atoms with Gasteiger partial charge in [-0.1, -0.05) is 66.7 Å². The monoisotopic (exact) mass is 437 g/mol. The van der Waals surface area contributed by atoms with Gasteiger partial charge >= 0.3 is 0 Å². The molecule has 3 aromatic carbocycles.